The Bertz CT molecular complexity index is 307. The van der Waals surface area contributed by atoms with Crippen LogP contribution in [0.3, 0.4) is 0 Å². The first-order valence-corrected chi connectivity index (χ1v) is 5.28. The molecule has 0 spiro atoms. The van der Waals surface area contributed by atoms with Gasteiger partial charge in [-0.25, -0.2) is 4.39 Å². The molecule has 14 heavy (non-hydrogen) atoms. The van der Waals surface area contributed by atoms with Crippen LogP contribution in [0, 0.1) is 5.82 Å². The highest BCUT2D eigenvalue weighted by atomic mass is 19.1. The van der Waals surface area contributed by atoms with E-state index in [0.29, 0.717) is 6.04 Å². The molecule has 0 aliphatic heterocycles. The van der Waals surface area contributed by atoms with E-state index < -0.39 is 0 Å². The van der Waals surface area contributed by atoms with Crippen LogP contribution in [0.1, 0.15) is 37.8 Å². The first-order chi connectivity index (χ1) is 6.77. The lowest BCUT2D eigenvalue weighted by molar-refractivity contribution is 0.310. The number of halogens is 1. The number of hydrogen-bond donors (Lipinski definition) is 1. The Kier molecular flexibility index (Phi) is 2.82. The minimum Gasteiger partial charge on any atom is -0.307 e. The molecule has 1 nitrogen and oxygen atoms in total. The van der Waals surface area contributed by atoms with Gasteiger partial charge in [0.1, 0.15) is 5.82 Å². The molecule has 0 heterocycles. The van der Waals surface area contributed by atoms with Gasteiger partial charge < -0.3 is 5.32 Å². The molecule has 0 amide bonds. The molecule has 1 aromatic carbocycles. The van der Waals surface area contributed by atoms with Crippen molar-refractivity contribution in [2.24, 2.45) is 0 Å². The van der Waals surface area contributed by atoms with Gasteiger partial charge in [-0.1, -0.05) is 24.6 Å². The van der Waals surface area contributed by atoms with Gasteiger partial charge in [-0.2, -0.15) is 0 Å². The highest BCUT2D eigenvalue weighted by Crippen LogP contribution is 2.23. The summed E-state index contributed by atoms with van der Waals surface area (Å²) in [4.78, 5) is 0. The monoisotopic (exact) mass is 193 g/mol. The average Bonchev–Trinajstić information content (AvgIpc) is 2.12. The number of hydrogen-bond acceptors (Lipinski definition) is 1. The van der Waals surface area contributed by atoms with Crippen molar-refractivity contribution < 1.29 is 4.39 Å². The maximum atomic E-state index is 13.4. The molecular weight excluding hydrogens is 177 g/mol. The van der Waals surface area contributed by atoms with E-state index in [1.165, 1.54) is 25.3 Å². The van der Waals surface area contributed by atoms with E-state index >= 15 is 0 Å². The lowest BCUT2D eigenvalue weighted by atomic mass is 9.92. The highest BCUT2D eigenvalue weighted by molar-refractivity contribution is 5.20. The smallest absolute Gasteiger partial charge is 0.127 e. The molecule has 0 aromatic heterocycles. The fraction of sp³-hybridized carbons (Fsp3) is 0.500. The summed E-state index contributed by atoms with van der Waals surface area (Å²) in [5.74, 6) is -0.105. The Morgan fingerprint density at radius 3 is 2.64 bits per heavy atom. The third-order valence-electron chi connectivity index (χ3n) is 2.96. The minimum atomic E-state index is -0.105. The summed E-state index contributed by atoms with van der Waals surface area (Å²) in [5.41, 5.74) is 0.777. The van der Waals surface area contributed by atoms with Crippen molar-refractivity contribution in [2.75, 3.05) is 0 Å². The van der Waals surface area contributed by atoms with Crippen LogP contribution in [0.15, 0.2) is 24.3 Å². The Morgan fingerprint density at radius 1 is 1.36 bits per heavy atom. The lowest BCUT2D eigenvalue weighted by Crippen LogP contribution is -2.37. The molecule has 1 aromatic rings. The standard InChI is InChI=1S/C12H16FN/c1-9(14-10-5-4-6-10)11-7-2-3-8-12(11)13/h2-3,7-10,14H,4-6H2,1H3/t9-/m1/s1. The van der Waals surface area contributed by atoms with Gasteiger partial charge in [-0.05, 0) is 25.8 Å². The quantitative estimate of drug-likeness (QED) is 0.778. The van der Waals surface area contributed by atoms with E-state index in [-0.39, 0.29) is 11.9 Å². The number of benzene rings is 1. The minimum absolute atomic E-state index is 0.105. The molecule has 0 radical (unpaired) electrons. The fourth-order valence-electron chi connectivity index (χ4n) is 1.84. The van der Waals surface area contributed by atoms with Crippen LogP contribution in [0.25, 0.3) is 0 Å². The Balaban J connectivity index is 2.02. The fourth-order valence-corrected chi connectivity index (χ4v) is 1.84. The summed E-state index contributed by atoms with van der Waals surface area (Å²) in [6, 6.07) is 7.72. The first kappa shape index (κ1) is 9.66. The molecule has 1 aliphatic carbocycles. The predicted molar refractivity (Wildman–Crippen MR) is 55.6 cm³/mol. The summed E-state index contributed by atoms with van der Waals surface area (Å²) >= 11 is 0. The van der Waals surface area contributed by atoms with Crippen LogP contribution in [-0.2, 0) is 0 Å². The number of rotatable bonds is 3. The van der Waals surface area contributed by atoms with E-state index in [2.05, 4.69) is 5.32 Å². The van der Waals surface area contributed by atoms with Crippen LogP contribution in [-0.4, -0.2) is 6.04 Å². The molecule has 2 heteroatoms. The van der Waals surface area contributed by atoms with Gasteiger partial charge in [-0.3, -0.25) is 0 Å². The molecule has 1 fully saturated rings. The second-order valence-corrected chi connectivity index (χ2v) is 4.04. The second kappa shape index (κ2) is 4.09. The predicted octanol–water partition coefficient (Wildman–Crippen LogP) is 3.03. The van der Waals surface area contributed by atoms with Gasteiger partial charge in [0.25, 0.3) is 0 Å². The first-order valence-electron chi connectivity index (χ1n) is 5.28. The zero-order chi connectivity index (χ0) is 9.97. The zero-order valence-electron chi connectivity index (χ0n) is 8.46. The van der Waals surface area contributed by atoms with Crippen molar-refractivity contribution in [1.82, 2.24) is 5.32 Å². The molecule has 0 unspecified atom stereocenters. The number of nitrogens with one attached hydrogen (secondary N) is 1. The average molecular weight is 193 g/mol. The topological polar surface area (TPSA) is 12.0 Å². The Morgan fingerprint density at radius 2 is 2.07 bits per heavy atom. The van der Waals surface area contributed by atoms with Crippen molar-refractivity contribution in [3.8, 4) is 0 Å². The Hall–Kier alpha value is -0.890. The maximum absolute atomic E-state index is 13.4. The third-order valence-corrected chi connectivity index (χ3v) is 2.96. The zero-order valence-corrected chi connectivity index (χ0v) is 8.46. The lowest BCUT2D eigenvalue weighted by Gasteiger charge is -2.30. The highest BCUT2D eigenvalue weighted by Gasteiger charge is 2.20. The summed E-state index contributed by atoms with van der Waals surface area (Å²) in [6.45, 7) is 2.02. The summed E-state index contributed by atoms with van der Waals surface area (Å²) < 4.78 is 13.4. The molecule has 76 valence electrons. The van der Waals surface area contributed by atoms with Crippen LogP contribution >= 0.6 is 0 Å². The van der Waals surface area contributed by atoms with Gasteiger partial charge in [0, 0.05) is 17.6 Å². The van der Waals surface area contributed by atoms with Crippen LogP contribution in [0.5, 0.6) is 0 Å². The van der Waals surface area contributed by atoms with E-state index in [1.54, 1.807) is 6.07 Å². The molecule has 0 saturated heterocycles. The third kappa shape index (κ3) is 1.95. The van der Waals surface area contributed by atoms with Gasteiger partial charge >= 0.3 is 0 Å². The van der Waals surface area contributed by atoms with Crippen molar-refractivity contribution in [2.45, 2.75) is 38.3 Å². The SMILES string of the molecule is C[C@@H](NC1CCC1)c1ccccc1F. The molecule has 1 atom stereocenters. The molecule has 1 aliphatic rings. The molecule has 1 N–H and O–H groups in total. The molecule has 1 saturated carbocycles. The summed E-state index contributed by atoms with van der Waals surface area (Å²) in [5, 5.41) is 3.43. The van der Waals surface area contributed by atoms with E-state index in [9.17, 15) is 4.39 Å². The van der Waals surface area contributed by atoms with Gasteiger partial charge in [-0.15, -0.1) is 0 Å². The van der Waals surface area contributed by atoms with Gasteiger partial charge in [0.2, 0.25) is 0 Å². The molecule has 2 rings (SSSR count). The molecule has 0 bridgehead atoms. The summed E-state index contributed by atoms with van der Waals surface area (Å²) in [7, 11) is 0. The largest absolute Gasteiger partial charge is 0.307 e. The molecular formula is C12H16FN. The van der Waals surface area contributed by atoms with Crippen LogP contribution in [0.2, 0.25) is 0 Å². The summed E-state index contributed by atoms with van der Waals surface area (Å²) in [6.07, 6.45) is 3.78. The Labute approximate surface area is 84.3 Å². The van der Waals surface area contributed by atoms with E-state index in [0.717, 1.165) is 5.56 Å². The van der Waals surface area contributed by atoms with E-state index in [4.69, 9.17) is 0 Å². The van der Waals surface area contributed by atoms with Crippen molar-refractivity contribution in [1.29, 1.82) is 0 Å². The van der Waals surface area contributed by atoms with Crippen LogP contribution < -0.4 is 5.32 Å². The van der Waals surface area contributed by atoms with Gasteiger partial charge in [0.15, 0.2) is 0 Å². The second-order valence-electron chi connectivity index (χ2n) is 4.04. The van der Waals surface area contributed by atoms with Gasteiger partial charge in [0.05, 0.1) is 0 Å². The van der Waals surface area contributed by atoms with E-state index in [1.807, 2.05) is 19.1 Å². The van der Waals surface area contributed by atoms with Crippen molar-refractivity contribution >= 4 is 0 Å². The van der Waals surface area contributed by atoms with Crippen molar-refractivity contribution in [3.63, 3.8) is 0 Å². The maximum Gasteiger partial charge on any atom is 0.127 e. The van der Waals surface area contributed by atoms with Crippen LogP contribution in [0.4, 0.5) is 4.39 Å². The normalized spacial score (nSPS) is 19.0. The van der Waals surface area contributed by atoms with Crippen molar-refractivity contribution in [3.05, 3.63) is 35.6 Å².